The maximum absolute atomic E-state index is 4.76. The second-order valence-electron chi connectivity index (χ2n) is 5.30. The van der Waals surface area contributed by atoms with Crippen LogP contribution in [0.4, 0.5) is 5.82 Å². The Labute approximate surface area is 123 Å². The van der Waals surface area contributed by atoms with Gasteiger partial charge in [0.2, 0.25) is 0 Å². The van der Waals surface area contributed by atoms with Crippen molar-refractivity contribution in [1.29, 1.82) is 0 Å². The second-order valence-corrected chi connectivity index (χ2v) is 6.47. The minimum absolute atomic E-state index is 0.817. The Morgan fingerprint density at radius 2 is 2.00 bits per heavy atom. The van der Waals surface area contributed by atoms with Crippen molar-refractivity contribution < 1.29 is 0 Å². The van der Waals surface area contributed by atoms with E-state index in [1.54, 1.807) is 0 Å². The molecule has 2 aromatic rings. The minimum Gasteiger partial charge on any atom is -0.370 e. The van der Waals surface area contributed by atoms with E-state index in [4.69, 9.17) is 4.98 Å². The number of anilines is 1. The molecule has 0 spiro atoms. The SMILES string of the molecule is Cc1cc(NCCc2nc3c(s2)CCCC3)nc(C)n1. The first kappa shape index (κ1) is 13.5. The summed E-state index contributed by atoms with van der Waals surface area (Å²) in [6.45, 7) is 4.80. The van der Waals surface area contributed by atoms with Crippen molar-refractivity contribution in [2.75, 3.05) is 11.9 Å². The van der Waals surface area contributed by atoms with Crippen LogP contribution in [0.2, 0.25) is 0 Å². The Morgan fingerprint density at radius 1 is 1.15 bits per heavy atom. The standard InChI is InChI=1S/C15H20N4S/c1-10-9-14(18-11(2)17-10)16-8-7-15-19-12-5-3-4-6-13(12)20-15/h9H,3-8H2,1-2H3,(H,16,17,18). The van der Waals surface area contributed by atoms with Crippen LogP contribution in [0.25, 0.3) is 0 Å². The van der Waals surface area contributed by atoms with Gasteiger partial charge in [-0.3, -0.25) is 0 Å². The van der Waals surface area contributed by atoms with Crippen LogP contribution in [-0.2, 0) is 19.3 Å². The summed E-state index contributed by atoms with van der Waals surface area (Å²) in [5.41, 5.74) is 2.36. The van der Waals surface area contributed by atoms with Gasteiger partial charge >= 0.3 is 0 Å². The highest BCUT2D eigenvalue weighted by Crippen LogP contribution is 2.26. The second kappa shape index (κ2) is 5.87. The molecule has 0 atom stereocenters. The Morgan fingerprint density at radius 3 is 2.80 bits per heavy atom. The lowest BCUT2D eigenvalue weighted by Gasteiger charge is -2.06. The van der Waals surface area contributed by atoms with Crippen molar-refractivity contribution in [3.05, 3.63) is 33.2 Å². The molecule has 4 nitrogen and oxygen atoms in total. The molecule has 1 N–H and O–H groups in total. The van der Waals surface area contributed by atoms with E-state index in [1.807, 2.05) is 31.3 Å². The van der Waals surface area contributed by atoms with Crippen molar-refractivity contribution in [2.45, 2.75) is 46.0 Å². The monoisotopic (exact) mass is 288 g/mol. The molecular formula is C15H20N4S. The minimum atomic E-state index is 0.817. The van der Waals surface area contributed by atoms with E-state index in [1.165, 1.54) is 41.3 Å². The molecule has 3 rings (SSSR count). The van der Waals surface area contributed by atoms with E-state index in [0.717, 1.165) is 30.3 Å². The highest BCUT2D eigenvalue weighted by Gasteiger charge is 2.14. The Hall–Kier alpha value is -1.49. The number of nitrogens with one attached hydrogen (secondary N) is 1. The van der Waals surface area contributed by atoms with Crippen molar-refractivity contribution in [1.82, 2.24) is 15.0 Å². The van der Waals surface area contributed by atoms with Gasteiger partial charge < -0.3 is 5.32 Å². The van der Waals surface area contributed by atoms with Crippen LogP contribution in [0.15, 0.2) is 6.07 Å². The van der Waals surface area contributed by atoms with Crippen LogP contribution in [-0.4, -0.2) is 21.5 Å². The molecule has 2 heterocycles. The first-order valence-electron chi connectivity index (χ1n) is 7.24. The fourth-order valence-electron chi connectivity index (χ4n) is 2.62. The molecule has 0 amide bonds. The quantitative estimate of drug-likeness (QED) is 0.939. The maximum Gasteiger partial charge on any atom is 0.129 e. The number of hydrogen-bond donors (Lipinski definition) is 1. The van der Waals surface area contributed by atoms with Gasteiger partial charge in [-0.2, -0.15) is 0 Å². The molecular weight excluding hydrogens is 268 g/mol. The fraction of sp³-hybridized carbons (Fsp3) is 0.533. The van der Waals surface area contributed by atoms with E-state index in [0.29, 0.717) is 0 Å². The van der Waals surface area contributed by atoms with Crippen molar-refractivity contribution in [2.24, 2.45) is 0 Å². The van der Waals surface area contributed by atoms with E-state index in [9.17, 15) is 0 Å². The highest BCUT2D eigenvalue weighted by molar-refractivity contribution is 7.11. The summed E-state index contributed by atoms with van der Waals surface area (Å²) in [5.74, 6) is 1.73. The Bertz CT molecular complexity index is 562. The summed E-state index contributed by atoms with van der Waals surface area (Å²) < 4.78 is 0. The van der Waals surface area contributed by atoms with Crippen LogP contribution in [0.1, 0.15) is 39.9 Å². The summed E-state index contributed by atoms with van der Waals surface area (Å²) in [7, 11) is 0. The maximum atomic E-state index is 4.76. The lowest BCUT2D eigenvalue weighted by atomic mass is 10.0. The molecule has 0 radical (unpaired) electrons. The number of aromatic nitrogens is 3. The summed E-state index contributed by atoms with van der Waals surface area (Å²) >= 11 is 1.89. The third-order valence-corrected chi connectivity index (χ3v) is 4.72. The highest BCUT2D eigenvalue weighted by atomic mass is 32.1. The molecule has 0 saturated carbocycles. The van der Waals surface area contributed by atoms with Gasteiger partial charge in [0.05, 0.1) is 10.7 Å². The Balaban J connectivity index is 1.58. The van der Waals surface area contributed by atoms with Gasteiger partial charge in [-0.15, -0.1) is 11.3 Å². The molecule has 20 heavy (non-hydrogen) atoms. The molecule has 2 aromatic heterocycles. The van der Waals surface area contributed by atoms with Gasteiger partial charge in [-0.1, -0.05) is 0 Å². The van der Waals surface area contributed by atoms with Crippen LogP contribution >= 0.6 is 11.3 Å². The first-order chi connectivity index (χ1) is 9.70. The molecule has 106 valence electrons. The van der Waals surface area contributed by atoms with Crippen LogP contribution in [0, 0.1) is 13.8 Å². The van der Waals surface area contributed by atoms with Crippen molar-refractivity contribution >= 4 is 17.2 Å². The normalized spacial score (nSPS) is 14.1. The zero-order valence-corrected chi connectivity index (χ0v) is 12.9. The zero-order chi connectivity index (χ0) is 13.9. The summed E-state index contributed by atoms with van der Waals surface area (Å²) in [4.78, 5) is 15.0. The molecule has 0 bridgehead atoms. The topological polar surface area (TPSA) is 50.7 Å². The molecule has 0 saturated heterocycles. The molecule has 5 heteroatoms. The molecule has 0 aromatic carbocycles. The van der Waals surface area contributed by atoms with Gasteiger partial charge in [0.1, 0.15) is 11.6 Å². The lowest BCUT2D eigenvalue weighted by Crippen LogP contribution is -2.08. The predicted octanol–water partition coefficient (Wildman–Crippen LogP) is 3.08. The van der Waals surface area contributed by atoms with Crippen LogP contribution < -0.4 is 5.32 Å². The van der Waals surface area contributed by atoms with Gasteiger partial charge in [-0.25, -0.2) is 15.0 Å². The number of rotatable bonds is 4. The van der Waals surface area contributed by atoms with Gasteiger partial charge in [-0.05, 0) is 39.5 Å². The van der Waals surface area contributed by atoms with Crippen molar-refractivity contribution in [3.63, 3.8) is 0 Å². The summed E-state index contributed by atoms with van der Waals surface area (Å²) in [6.07, 6.45) is 5.99. The molecule has 0 fully saturated rings. The molecule has 0 aliphatic heterocycles. The third kappa shape index (κ3) is 3.15. The average molecular weight is 288 g/mol. The number of thiazole rings is 1. The molecule has 1 aliphatic rings. The fourth-order valence-corrected chi connectivity index (χ4v) is 3.77. The smallest absolute Gasteiger partial charge is 0.129 e. The van der Waals surface area contributed by atoms with Crippen LogP contribution in [0.3, 0.4) is 0 Å². The van der Waals surface area contributed by atoms with Crippen molar-refractivity contribution in [3.8, 4) is 0 Å². The Kier molecular flexibility index (Phi) is 3.96. The predicted molar refractivity (Wildman–Crippen MR) is 82.5 cm³/mol. The largest absolute Gasteiger partial charge is 0.370 e. The first-order valence-corrected chi connectivity index (χ1v) is 8.06. The summed E-state index contributed by atoms with van der Waals surface area (Å²) in [6, 6.07) is 1.99. The number of hydrogen-bond acceptors (Lipinski definition) is 5. The van der Waals surface area contributed by atoms with Gasteiger partial charge in [0, 0.05) is 29.6 Å². The lowest BCUT2D eigenvalue weighted by molar-refractivity contribution is 0.680. The third-order valence-electron chi connectivity index (χ3n) is 3.50. The molecule has 1 aliphatic carbocycles. The van der Waals surface area contributed by atoms with Gasteiger partial charge in [0.15, 0.2) is 0 Å². The number of nitrogens with zero attached hydrogens (tertiary/aromatic N) is 3. The van der Waals surface area contributed by atoms with E-state index >= 15 is 0 Å². The van der Waals surface area contributed by atoms with E-state index in [2.05, 4.69) is 15.3 Å². The zero-order valence-electron chi connectivity index (χ0n) is 12.1. The van der Waals surface area contributed by atoms with Crippen LogP contribution in [0.5, 0.6) is 0 Å². The number of aryl methyl sites for hydroxylation is 4. The summed E-state index contributed by atoms with van der Waals surface area (Å²) in [5, 5.41) is 4.63. The van der Waals surface area contributed by atoms with E-state index in [-0.39, 0.29) is 0 Å². The average Bonchev–Trinajstić information content (AvgIpc) is 2.80. The van der Waals surface area contributed by atoms with E-state index < -0.39 is 0 Å². The van der Waals surface area contributed by atoms with Gasteiger partial charge in [0.25, 0.3) is 0 Å². The molecule has 0 unspecified atom stereocenters. The number of fused-ring (bicyclic) bond motifs is 1.